The second-order valence-electron chi connectivity index (χ2n) is 6.15. The van der Waals surface area contributed by atoms with Gasteiger partial charge in [-0.1, -0.05) is 33.8 Å². The lowest BCUT2D eigenvalue weighted by molar-refractivity contribution is 0.396. The van der Waals surface area contributed by atoms with Gasteiger partial charge in [0.25, 0.3) is 0 Å². The van der Waals surface area contributed by atoms with Gasteiger partial charge in [-0.15, -0.1) is 0 Å². The molecule has 1 rings (SSSR count). The van der Waals surface area contributed by atoms with Crippen molar-refractivity contribution in [3.63, 3.8) is 0 Å². The highest BCUT2D eigenvalue weighted by molar-refractivity contribution is 7.89. The summed E-state index contributed by atoms with van der Waals surface area (Å²) in [6.45, 7) is 9.87. The number of ether oxygens (including phenoxy) is 1. The normalized spacial score (nSPS) is 12.4. The van der Waals surface area contributed by atoms with Crippen molar-refractivity contribution < 1.29 is 13.2 Å². The van der Waals surface area contributed by atoms with Crippen LogP contribution in [-0.4, -0.2) is 28.6 Å². The number of benzene rings is 1. The SMILES string of the molecule is CCNCc1ccc(S(=O)(=O)NCC(C)(C)C)c(OC)c1. The molecule has 0 saturated carbocycles. The second kappa shape index (κ2) is 7.24. The first-order valence-electron chi connectivity index (χ1n) is 7.07. The van der Waals surface area contributed by atoms with Crippen molar-refractivity contribution in [2.75, 3.05) is 20.2 Å². The predicted molar refractivity (Wildman–Crippen MR) is 85.0 cm³/mol. The Labute approximate surface area is 128 Å². The highest BCUT2D eigenvalue weighted by Crippen LogP contribution is 2.25. The number of methoxy groups -OCH3 is 1. The molecule has 0 atom stereocenters. The van der Waals surface area contributed by atoms with Crippen LogP contribution in [0.4, 0.5) is 0 Å². The fourth-order valence-corrected chi connectivity index (χ4v) is 3.14. The Balaban J connectivity index is 3.00. The fraction of sp³-hybridized carbons (Fsp3) is 0.600. The third-order valence-electron chi connectivity index (χ3n) is 2.89. The quantitative estimate of drug-likeness (QED) is 0.809. The van der Waals surface area contributed by atoms with Crippen LogP contribution >= 0.6 is 0 Å². The average molecular weight is 314 g/mol. The molecule has 0 aliphatic rings. The van der Waals surface area contributed by atoms with Gasteiger partial charge in [0, 0.05) is 13.1 Å². The van der Waals surface area contributed by atoms with Crippen LogP contribution in [0, 0.1) is 5.41 Å². The van der Waals surface area contributed by atoms with Gasteiger partial charge >= 0.3 is 0 Å². The van der Waals surface area contributed by atoms with E-state index in [2.05, 4.69) is 10.0 Å². The van der Waals surface area contributed by atoms with Gasteiger partial charge in [0.15, 0.2) is 0 Å². The molecular weight excluding hydrogens is 288 g/mol. The number of hydrogen-bond acceptors (Lipinski definition) is 4. The maximum atomic E-state index is 12.4. The minimum absolute atomic E-state index is 0.120. The van der Waals surface area contributed by atoms with Gasteiger partial charge in [0.2, 0.25) is 10.0 Å². The Hall–Kier alpha value is -1.11. The number of sulfonamides is 1. The lowest BCUT2D eigenvalue weighted by atomic mass is 9.98. The monoisotopic (exact) mass is 314 g/mol. The summed E-state index contributed by atoms with van der Waals surface area (Å²) in [6.07, 6.45) is 0. The van der Waals surface area contributed by atoms with Crippen LogP contribution in [0.15, 0.2) is 23.1 Å². The van der Waals surface area contributed by atoms with E-state index in [1.165, 1.54) is 7.11 Å². The minimum Gasteiger partial charge on any atom is -0.495 e. The summed E-state index contributed by atoms with van der Waals surface area (Å²) in [6, 6.07) is 5.15. The smallest absolute Gasteiger partial charge is 0.244 e. The number of hydrogen-bond donors (Lipinski definition) is 2. The summed E-state index contributed by atoms with van der Waals surface area (Å²) in [5.74, 6) is 0.367. The first-order valence-corrected chi connectivity index (χ1v) is 8.55. The zero-order chi connectivity index (χ0) is 16.1. The Bertz CT molecular complexity index is 563. The molecule has 0 fully saturated rings. The summed E-state index contributed by atoms with van der Waals surface area (Å²) in [7, 11) is -2.09. The van der Waals surface area contributed by atoms with E-state index in [0.29, 0.717) is 18.8 Å². The van der Waals surface area contributed by atoms with Gasteiger partial charge < -0.3 is 10.1 Å². The molecule has 0 bridgehead atoms. The van der Waals surface area contributed by atoms with Gasteiger partial charge in [-0.05, 0) is 29.7 Å². The molecule has 1 aromatic carbocycles. The molecular formula is C15H26N2O3S. The Kier molecular flexibility index (Phi) is 6.19. The third kappa shape index (κ3) is 5.65. The molecule has 0 radical (unpaired) electrons. The molecule has 2 N–H and O–H groups in total. The minimum atomic E-state index is -3.57. The highest BCUT2D eigenvalue weighted by atomic mass is 32.2. The van der Waals surface area contributed by atoms with Crippen LogP contribution < -0.4 is 14.8 Å². The summed E-state index contributed by atoms with van der Waals surface area (Å²) in [5.41, 5.74) is 0.870. The molecule has 21 heavy (non-hydrogen) atoms. The Morgan fingerprint density at radius 3 is 2.43 bits per heavy atom. The molecule has 5 nitrogen and oxygen atoms in total. The molecule has 1 aromatic rings. The largest absolute Gasteiger partial charge is 0.495 e. The van der Waals surface area contributed by atoms with Gasteiger partial charge in [-0.3, -0.25) is 0 Å². The first-order chi connectivity index (χ1) is 9.69. The molecule has 6 heteroatoms. The third-order valence-corrected chi connectivity index (χ3v) is 4.33. The summed E-state index contributed by atoms with van der Waals surface area (Å²) >= 11 is 0. The summed E-state index contributed by atoms with van der Waals surface area (Å²) < 4.78 is 32.6. The topological polar surface area (TPSA) is 67.4 Å². The van der Waals surface area contributed by atoms with Crippen molar-refractivity contribution in [3.8, 4) is 5.75 Å². The van der Waals surface area contributed by atoms with Crippen molar-refractivity contribution >= 4 is 10.0 Å². The molecule has 0 saturated heterocycles. The molecule has 0 aliphatic carbocycles. The average Bonchev–Trinajstić information content (AvgIpc) is 2.42. The van der Waals surface area contributed by atoms with Crippen LogP contribution in [0.2, 0.25) is 0 Å². The van der Waals surface area contributed by atoms with Crippen LogP contribution in [0.5, 0.6) is 5.75 Å². The number of rotatable bonds is 7. The van der Waals surface area contributed by atoms with Crippen LogP contribution in [0.25, 0.3) is 0 Å². The van der Waals surface area contributed by atoms with E-state index in [0.717, 1.165) is 12.1 Å². The lowest BCUT2D eigenvalue weighted by Crippen LogP contribution is -2.32. The zero-order valence-electron chi connectivity index (χ0n) is 13.5. The maximum Gasteiger partial charge on any atom is 0.244 e. The van der Waals surface area contributed by atoms with E-state index in [1.54, 1.807) is 18.2 Å². The van der Waals surface area contributed by atoms with E-state index in [-0.39, 0.29) is 10.3 Å². The van der Waals surface area contributed by atoms with Crippen molar-refractivity contribution in [2.45, 2.75) is 39.1 Å². The summed E-state index contributed by atoms with van der Waals surface area (Å²) in [5, 5.41) is 3.20. The zero-order valence-corrected chi connectivity index (χ0v) is 14.3. The molecule has 0 aliphatic heterocycles. The molecule has 0 aromatic heterocycles. The standard InChI is InChI=1S/C15H26N2O3S/c1-6-16-10-12-7-8-14(13(9-12)20-5)21(18,19)17-11-15(2,3)4/h7-9,16-17H,6,10-11H2,1-5H3. The molecule has 0 amide bonds. The molecule has 120 valence electrons. The van der Waals surface area contributed by atoms with Gasteiger partial charge in [-0.2, -0.15) is 0 Å². The maximum absolute atomic E-state index is 12.4. The molecule has 0 spiro atoms. The Morgan fingerprint density at radius 2 is 1.90 bits per heavy atom. The van der Waals surface area contributed by atoms with Gasteiger partial charge in [0.05, 0.1) is 7.11 Å². The lowest BCUT2D eigenvalue weighted by Gasteiger charge is -2.19. The van der Waals surface area contributed by atoms with Crippen LogP contribution in [0.1, 0.15) is 33.3 Å². The number of nitrogens with one attached hydrogen (secondary N) is 2. The van der Waals surface area contributed by atoms with Crippen molar-refractivity contribution in [1.29, 1.82) is 0 Å². The molecule has 0 heterocycles. The van der Waals surface area contributed by atoms with E-state index in [4.69, 9.17) is 4.74 Å². The Morgan fingerprint density at radius 1 is 1.24 bits per heavy atom. The van der Waals surface area contributed by atoms with Crippen molar-refractivity contribution in [2.24, 2.45) is 5.41 Å². The first kappa shape index (κ1) is 17.9. The van der Waals surface area contributed by atoms with E-state index in [1.807, 2.05) is 27.7 Å². The predicted octanol–water partition coefficient (Wildman–Crippen LogP) is 2.13. The van der Waals surface area contributed by atoms with Gasteiger partial charge in [-0.25, -0.2) is 13.1 Å². The van der Waals surface area contributed by atoms with Gasteiger partial charge in [0.1, 0.15) is 10.6 Å². The van der Waals surface area contributed by atoms with E-state index >= 15 is 0 Å². The molecule has 0 unspecified atom stereocenters. The van der Waals surface area contributed by atoms with Crippen molar-refractivity contribution in [3.05, 3.63) is 23.8 Å². The summed E-state index contributed by atoms with van der Waals surface area (Å²) in [4.78, 5) is 0.175. The van der Waals surface area contributed by atoms with E-state index in [9.17, 15) is 8.42 Å². The van der Waals surface area contributed by atoms with Crippen LogP contribution in [-0.2, 0) is 16.6 Å². The second-order valence-corrected chi connectivity index (χ2v) is 7.89. The van der Waals surface area contributed by atoms with Crippen LogP contribution in [0.3, 0.4) is 0 Å². The highest BCUT2D eigenvalue weighted by Gasteiger charge is 2.22. The fourth-order valence-electron chi connectivity index (χ4n) is 1.70. The van der Waals surface area contributed by atoms with E-state index < -0.39 is 10.0 Å². The van der Waals surface area contributed by atoms with Crippen molar-refractivity contribution in [1.82, 2.24) is 10.0 Å².